The zero-order chi connectivity index (χ0) is 14.8. The summed E-state index contributed by atoms with van der Waals surface area (Å²) < 4.78 is 16.7. The summed E-state index contributed by atoms with van der Waals surface area (Å²) in [7, 11) is 0. The van der Waals surface area contributed by atoms with Gasteiger partial charge in [-0.05, 0) is 26.0 Å². The van der Waals surface area contributed by atoms with Crippen LogP contribution in [0.3, 0.4) is 0 Å². The van der Waals surface area contributed by atoms with E-state index in [2.05, 4.69) is 4.98 Å². The van der Waals surface area contributed by atoms with Crippen LogP contribution < -0.4 is 14.9 Å². The van der Waals surface area contributed by atoms with Gasteiger partial charge in [0.1, 0.15) is 11.5 Å². The Balaban J connectivity index is 2.32. The first-order valence-corrected chi connectivity index (χ1v) is 7.30. The maximum atomic E-state index is 12.8. The first kappa shape index (κ1) is 13.9. The summed E-state index contributed by atoms with van der Waals surface area (Å²) in [4.78, 5) is 16.1. The normalized spacial score (nSPS) is 14.0. The SMILES string of the molecule is CCOc1ccc(OCC)c2c(=O)c3c([nH]c12)CCOC3. The van der Waals surface area contributed by atoms with Crippen LogP contribution in [0.15, 0.2) is 16.9 Å². The largest absolute Gasteiger partial charge is 0.493 e. The van der Waals surface area contributed by atoms with Gasteiger partial charge in [-0.1, -0.05) is 0 Å². The molecule has 0 atom stereocenters. The van der Waals surface area contributed by atoms with Gasteiger partial charge in [0, 0.05) is 17.7 Å². The molecule has 1 aliphatic rings. The fourth-order valence-corrected chi connectivity index (χ4v) is 2.69. The summed E-state index contributed by atoms with van der Waals surface area (Å²) in [5.41, 5.74) is 2.33. The number of aromatic amines is 1. The Bertz CT molecular complexity index is 720. The molecule has 2 aromatic rings. The van der Waals surface area contributed by atoms with E-state index in [1.807, 2.05) is 19.9 Å². The summed E-state index contributed by atoms with van der Waals surface area (Å²) in [6, 6.07) is 3.64. The van der Waals surface area contributed by atoms with Crippen LogP contribution in [0.4, 0.5) is 0 Å². The van der Waals surface area contributed by atoms with Crippen LogP contribution >= 0.6 is 0 Å². The van der Waals surface area contributed by atoms with Gasteiger partial charge in [0.05, 0.1) is 37.3 Å². The minimum atomic E-state index is -0.0246. The van der Waals surface area contributed by atoms with Gasteiger partial charge in [-0.25, -0.2) is 0 Å². The Morgan fingerprint density at radius 2 is 1.90 bits per heavy atom. The summed E-state index contributed by atoms with van der Waals surface area (Å²) in [5.74, 6) is 1.27. The molecule has 0 fully saturated rings. The summed E-state index contributed by atoms with van der Waals surface area (Å²) in [6.45, 7) is 5.86. The average Bonchev–Trinajstić information content (AvgIpc) is 2.50. The molecule has 1 aromatic heterocycles. The van der Waals surface area contributed by atoms with Gasteiger partial charge in [-0.15, -0.1) is 0 Å². The molecule has 0 spiro atoms. The van der Waals surface area contributed by atoms with Crippen LogP contribution in [0.25, 0.3) is 10.9 Å². The third-order valence-electron chi connectivity index (χ3n) is 3.61. The maximum absolute atomic E-state index is 12.8. The highest BCUT2D eigenvalue weighted by molar-refractivity contribution is 5.90. The highest BCUT2D eigenvalue weighted by atomic mass is 16.5. The van der Waals surface area contributed by atoms with Gasteiger partial charge in [0.25, 0.3) is 0 Å². The minimum absolute atomic E-state index is 0.0246. The lowest BCUT2D eigenvalue weighted by atomic mass is 10.0. The molecule has 0 saturated carbocycles. The Morgan fingerprint density at radius 1 is 1.19 bits per heavy atom. The van der Waals surface area contributed by atoms with Gasteiger partial charge < -0.3 is 19.2 Å². The monoisotopic (exact) mass is 289 g/mol. The van der Waals surface area contributed by atoms with Crippen LogP contribution in [0.2, 0.25) is 0 Å². The molecule has 5 heteroatoms. The standard InChI is InChI=1S/C16H19NO4/c1-3-20-12-5-6-13(21-4-2)15-14(12)16(18)10-9-19-8-7-11(10)17-15/h5-6H,3-4,7-9H2,1-2H3,(H,17,18). The number of hydrogen-bond acceptors (Lipinski definition) is 4. The van der Waals surface area contributed by atoms with Crippen molar-refractivity contribution < 1.29 is 14.2 Å². The van der Waals surface area contributed by atoms with E-state index in [0.717, 1.165) is 5.69 Å². The number of benzene rings is 1. The number of pyridine rings is 1. The van der Waals surface area contributed by atoms with E-state index in [0.29, 0.717) is 60.8 Å². The molecule has 0 aliphatic carbocycles. The first-order chi connectivity index (χ1) is 10.3. The fraction of sp³-hybridized carbons (Fsp3) is 0.438. The molecule has 5 nitrogen and oxygen atoms in total. The van der Waals surface area contributed by atoms with Crippen LogP contribution in [0, 0.1) is 0 Å². The molecular weight excluding hydrogens is 270 g/mol. The summed E-state index contributed by atoms with van der Waals surface area (Å²) >= 11 is 0. The van der Waals surface area contributed by atoms with E-state index in [1.54, 1.807) is 6.07 Å². The zero-order valence-corrected chi connectivity index (χ0v) is 12.3. The Morgan fingerprint density at radius 3 is 2.67 bits per heavy atom. The number of H-pyrrole nitrogens is 1. The number of rotatable bonds is 4. The van der Waals surface area contributed by atoms with Crippen molar-refractivity contribution >= 4 is 10.9 Å². The molecule has 21 heavy (non-hydrogen) atoms. The lowest BCUT2D eigenvalue weighted by Gasteiger charge is -2.19. The van der Waals surface area contributed by atoms with Crippen LogP contribution in [0.1, 0.15) is 25.1 Å². The number of fused-ring (bicyclic) bond motifs is 2. The van der Waals surface area contributed by atoms with Gasteiger partial charge in [0.15, 0.2) is 5.43 Å². The predicted molar refractivity (Wildman–Crippen MR) is 80.3 cm³/mol. The van der Waals surface area contributed by atoms with Crippen molar-refractivity contribution in [3.8, 4) is 11.5 Å². The highest BCUT2D eigenvalue weighted by Crippen LogP contribution is 2.31. The van der Waals surface area contributed by atoms with Crippen molar-refractivity contribution in [3.05, 3.63) is 33.6 Å². The van der Waals surface area contributed by atoms with E-state index in [1.165, 1.54) is 0 Å². The molecule has 0 saturated heterocycles. The van der Waals surface area contributed by atoms with E-state index < -0.39 is 0 Å². The second-order valence-electron chi connectivity index (χ2n) is 4.89. The molecule has 2 heterocycles. The molecule has 1 N–H and O–H groups in total. The molecule has 0 bridgehead atoms. The Hall–Kier alpha value is -2.01. The van der Waals surface area contributed by atoms with E-state index in [-0.39, 0.29) is 5.43 Å². The van der Waals surface area contributed by atoms with Gasteiger partial charge >= 0.3 is 0 Å². The molecule has 3 rings (SSSR count). The number of aromatic nitrogens is 1. The first-order valence-electron chi connectivity index (χ1n) is 7.30. The summed E-state index contributed by atoms with van der Waals surface area (Å²) in [6.07, 6.45) is 0.713. The molecule has 1 aromatic carbocycles. The van der Waals surface area contributed by atoms with Crippen LogP contribution in [-0.4, -0.2) is 24.8 Å². The quantitative estimate of drug-likeness (QED) is 0.939. The highest BCUT2D eigenvalue weighted by Gasteiger charge is 2.20. The van der Waals surface area contributed by atoms with E-state index >= 15 is 0 Å². The lowest BCUT2D eigenvalue weighted by Crippen LogP contribution is -2.22. The fourth-order valence-electron chi connectivity index (χ4n) is 2.69. The number of nitrogens with one attached hydrogen (secondary N) is 1. The zero-order valence-electron chi connectivity index (χ0n) is 12.3. The molecular formula is C16H19NO4. The van der Waals surface area contributed by atoms with Crippen molar-refractivity contribution in [1.29, 1.82) is 0 Å². The lowest BCUT2D eigenvalue weighted by molar-refractivity contribution is 0.108. The molecule has 0 radical (unpaired) electrons. The second-order valence-corrected chi connectivity index (χ2v) is 4.89. The van der Waals surface area contributed by atoms with Gasteiger partial charge in [-0.3, -0.25) is 4.79 Å². The minimum Gasteiger partial charge on any atom is -0.493 e. The third-order valence-corrected chi connectivity index (χ3v) is 3.61. The second kappa shape index (κ2) is 5.77. The smallest absolute Gasteiger partial charge is 0.199 e. The van der Waals surface area contributed by atoms with Crippen LogP contribution in [-0.2, 0) is 17.8 Å². The third kappa shape index (κ3) is 2.38. The van der Waals surface area contributed by atoms with Crippen molar-refractivity contribution in [2.24, 2.45) is 0 Å². The average molecular weight is 289 g/mol. The van der Waals surface area contributed by atoms with Crippen molar-refractivity contribution in [2.45, 2.75) is 26.9 Å². The van der Waals surface area contributed by atoms with E-state index in [4.69, 9.17) is 14.2 Å². The molecule has 1 aliphatic heterocycles. The maximum Gasteiger partial charge on any atom is 0.199 e. The Labute approximate surface area is 122 Å². The van der Waals surface area contributed by atoms with Crippen molar-refractivity contribution in [3.63, 3.8) is 0 Å². The molecule has 0 unspecified atom stereocenters. The topological polar surface area (TPSA) is 60.5 Å². The van der Waals surface area contributed by atoms with Crippen molar-refractivity contribution in [1.82, 2.24) is 4.98 Å². The molecule has 0 amide bonds. The summed E-state index contributed by atoms with van der Waals surface area (Å²) in [5, 5.41) is 0.548. The molecule has 112 valence electrons. The van der Waals surface area contributed by atoms with Gasteiger partial charge in [0.2, 0.25) is 0 Å². The van der Waals surface area contributed by atoms with Crippen molar-refractivity contribution in [2.75, 3.05) is 19.8 Å². The number of hydrogen-bond donors (Lipinski definition) is 1. The Kier molecular flexibility index (Phi) is 3.84. The predicted octanol–water partition coefficient (Wildman–Crippen LogP) is 2.40. The van der Waals surface area contributed by atoms with E-state index in [9.17, 15) is 4.79 Å². The van der Waals surface area contributed by atoms with Crippen LogP contribution in [0.5, 0.6) is 11.5 Å². The van der Waals surface area contributed by atoms with Gasteiger partial charge in [-0.2, -0.15) is 0 Å². The number of ether oxygens (including phenoxy) is 3.